The lowest BCUT2D eigenvalue weighted by Gasteiger charge is -2.33. The number of fused-ring (bicyclic) bond motifs is 2. The van der Waals surface area contributed by atoms with Gasteiger partial charge in [0.25, 0.3) is 0 Å². The maximum Gasteiger partial charge on any atom is 0.205 e. The van der Waals surface area contributed by atoms with E-state index in [0.29, 0.717) is 21.4 Å². The summed E-state index contributed by atoms with van der Waals surface area (Å²) in [5.74, 6) is 1.34. The van der Waals surface area contributed by atoms with E-state index in [1.54, 1.807) is 19.2 Å². The number of nitrogens with zero attached hydrogens (tertiary/aromatic N) is 1. The smallest absolute Gasteiger partial charge is 0.205 e. The second-order valence-corrected chi connectivity index (χ2v) is 7.29. The molecule has 2 aromatic rings. The van der Waals surface area contributed by atoms with Crippen molar-refractivity contribution in [3.63, 3.8) is 0 Å². The summed E-state index contributed by atoms with van der Waals surface area (Å²) < 4.78 is 11.2. The molecule has 0 radical (unpaired) electrons. The quantitative estimate of drug-likeness (QED) is 0.757. The molecule has 0 amide bonds. The third kappa shape index (κ3) is 2.93. The normalized spacial score (nSPS) is 18.4. The molecule has 2 aromatic carbocycles. The summed E-state index contributed by atoms with van der Waals surface area (Å²) in [7, 11) is 1.65. The number of hydrogen-bond donors (Lipinski definition) is 1. The molecule has 0 aromatic heterocycles. The molecule has 2 aliphatic rings. The van der Waals surface area contributed by atoms with Gasteiger partial charge in [-0.2, -0.15) is 5.26 Å². The molecule has 0 saturated carbocycles. The Hall–Kier alpha value is -2.61. The standard InChI is InChI=1S/C21H16Cl2N2O2/c1-26-13-4-6-14-11(8-13)2-5-15-19(12-3-7-17(22)18(23)9-12)16(10-24)21(25)27-20(14)15/h3-4,6-9,19H,2,5,25H2,1H3. The first-order chi connectivity index (χ1) is 13.0. The number of allylic oxidation sites excluding steroid dienone is 2. The lowest BCUT2D eigenvalue weighted by Crippen LogP contribution is -2.23. The molecular formula is C21H16Cl2N2O2. The Labute approximate surface area is 167 Å². The van der Waals surface area contributed by atoms with Crippen LogP contribution >= 0.6 is 23.2 Å². The third-order valence-corrected chi connectivity index (χ3v) is 5.76. The molecule has 4 rings (SSSR count). The minimum absolute atomic E-state index is 0.121. The minimum Gasteiger partial charge on any atom is -0.497 e. The molecule has 4 nitrogen and oxygen atoms in total. The molecule has 0 fully saturated rings. The predicted molar refractivity (Wildman–Crippen MR) is 105 cm³/mol. The highest BCUT2D eigenvalue weighted by molar-refractivity contribution is 6.42. The second-order valence-electron chi connectivity index (χ2n) is 6.48. The van der Waals surface area contributed by atoms with E-state index in [4.69, 9.17) is 38.4 Å². The molecule has 136 valence electrons. The SMILES string of the molecule is COc1ccc2c(c1)CCC1=C2OC(N)=C(C#N)C1c1ccc(Cl)c(Cl)c1. The van der Waals surface area contributed by atoms with Crippen molar-refractivity contribution in [3.8, 4) is 11.8 Å². The first-order valence-corrected chi connectivity index (χ1v) is 9.22. The third-order valence-electron chi connectivity index (χ3n) is 5.02. The van der Waals surface area contributed by atoms with Gasteiger partial charge in [0, 0.05) is 11.5 Å². The van der Waals surface area contributed by atoms with E-state index >= 15 is 0 Å². The van der Waals surface area contributed by atoms with Gasteiger partial charge in [0.15, 0.2) is 0 Å². The number of rotatable bonds is 2. The van der Waals surface area contributed by atoms with E-state index in [2.05, 4.69) is 6.07 Å². The second kappa shape index (κ2) is 6.84. The van der Waals surface area contributed by atoms with Crippen LogP contribution in [0.25, 0.3) is 5.76 Å². The molecule has 1 aliphatic heterocycles. The number of nitriles is 1. The fraction of sp³-hybridized carbons (Fsp3) is 0.190. The number of nitrogens with two attached hydrogens (primary N) is 1. The molecule has 1 aliphatic carbocycles. The fourth-order valence-corrected chi connectivity index (χ4v) is 4.04. The number of halogens is 2. The summed E-state index contributed by atoms with van der Waals surface area (Å²) in [6, 6.07) is 13.5. The van der Waals surface area contributed by atoms with Gasteiger partial charge in [-0.1, -0.05) is 29.3 Å². The van der Waals surface area contributed by atoms with Crippen molar-refractivity contribution < 1.29 is 9.47 Å². The van der Waals surface area contributed by atoms with Crippen LogP contribution in [0.2, 0.25) is 10.0 Å². The summed E-state index contributed by atoms with van der Waals surface area (Å²) in [5, 5.41) is 10.6. The zero-order valence-electron chi connectivity index (χ0n) is 14.6. The van der Waals surface area contributed by atoms with Crippen LogP contribution in [0.4, 0.5) is 0 Å². The summed E-state index contributed by atoms with van der Waals surface area (Å²) in [6.07, 6.45) is 1.57. The molecule has 1 heterocycles. The molecule has 1 unspecified atom stereocenters. The van der Waals surface area contributed by atoms with Crippen molar-refractivity contribution >= 4 is 29.0 Å². The monoisotopic (exact) mass is 398 g/mol. The Bertz CT molecular complexity index is 1050. The van der Waals surface area contributed by atoms with E-state index < -0.39 is 0 Å². The highest BCUT2D eigenvalue weighted by Gasteiger charge is 2.36. The van der Waals surface area contributed by atoms with Crippen molar-refractivity contribution in [3.05, 3.63) is 80.2 Å². The van der Waals surface area contributed by atoms with Crippen LogP contribution in [0.5, 0.6) is 5.75 Å². The van der Waals surface area contributed by atoms with Gasteiger partial charge in [-0.3, -0.25) is 0 Å². The average Bonchev–Trinajstić information content (AvgIpc) is 2.68. The molecular weight excluding hydrogens is 383 g/mol. The van der Waals surface area contributed by atoms with E-state index in [0.717, 1.165) is 40.9 Å². The van der Waals surface area contributed by atoms with Gasteiger partial charge < -0.3 is 15.2 Å². The summed E-state index contributed by atoms with van der Waals surface area (Å²) in [4.78, 5) is 0. The number of aryl methyl sites for hydroxylation is 1. The van der Waals surface area contributed by atoms with Crippen LogP contribution in [-0.2, 0) is 11.2 Å². The van der Waals surface area contributed by atoms with Gasteiger partial charge in [-0.15, -0.1) is 0 Å². The van der Waals surface area contributed by atoms with Gasteiger partial charge in [0.1, 0.15) is 23.2 Å². The zero-order valence-corrected chi connectivity index (χ0v) is 16.1. The van der Waals surface area contributed by atoms with Crippen LogP contribution in [-0.4, -0.2) is 7.11 Å². The topological polar surface area (TPSA) is 68.3 Å². The van der Waals surface area contributed by atoms with E-state index in [1.807, 2.05) is 24.3 Å². The van der Waals surface area contributed by atoms with Crippen molar-refractivity contribution in [2.45, 2.75) is 18.8 Å². The maximum atomic E-state index is 9.70. The van der Waals surface area contributed by atoms with Crippen molar-refractivity contribution in [1.82, 2.24) is 0 Å². The van der Waals surface area contributed by atoms with Gasteiger partial charge in [-0.05, 0) is 59.9 Å². The van der Waals surface area contributed by atoms with Crippen LogP contribution in [0, 0.1) is 11.3 Å². The van der Waals surface area contributed by atoms with Gasteiger partial charge >= 0.3 is 0 Å². The van der Waals surface area contributed by atoms with E-state index in [1.165, 1.54) is 0 Å². The number of ether oxygens (including phenoxy) is 2. The number of benzene rings is 2. The Balaban J connectivity index is 1.89. The molecule has 1 atom stereocenters. The molecule has 0 bridgehead atoms. The Morgan fingerprint density at radius 3 is 2.67 bits per heavy atom. The molecule has 6 heteroatoms. The van der Waals surface area contributed by atoms with E-state index in [-0.39, 0.29) is 11.8 Å². The van der Waals surface area contributed by atoms with Crippen LogP contribution < -0.4 is 10.5 Å². The lowest BCUT2D eigenvalue weighted by atomic mass is 9.76. The number of methoxy groups -OCH3 is 1. The van der Waals surface area contributed by atoms with Crippen LogP contribution in [0.3, 0.4) is 0 Å². The molecule has 2 N–H and O–H groups in total. The maximum absolute atomic E-state index is 9.70. The summed E-state index contributed by atoms with van der Waals surface area (Å²) >= 11 is 12.3. The molecule has 27 heavy (non-hydrogen) atoms. The summed E-state index contributed by atoms with van der Waals surface area (Å²) in [5.41, 5.74) is 10.5. The Kier molecular flexibility index (Phi) is 4.51. The Morgan fingerprint density at radius 1 is 1.15 bits per heavy atom. The van der Waals surface area contributed by atoms with Gasteiger partial charge in [0.05, 0.1) is 17.2 Å². The van der Waals surface area contributed by atoms with Gasteiger partial charge in [0.2, 0.25) is 5.88 Å². The first kappa shape index (κ1) is 17.8. The summed E-state index contributed by atoms with van der Waals surface area (Å²) in [6.45, 7) is 0. The predicted octanol–water partition coefficient (Wildman–Crippen LogP) is 5.17. The van der Waals surface area contributed by atoms with Crippen molar-refractivity contribution in [2.75, 3.05) is 7.11 Å². The molecule has 0 saturated heterocycles. The number of hydrogen-bond acceptors (Lipinski definition) is 4. The first-order valence-electron chi connectivity index (χ1n) is 8.46. The van der Waals surface area contributed by atoms with Crippen LogP contribution in [0.1, 0.15) is 29.0 Å². The molecule has 0 spiro atoms. The lowest BCUT2D eigenvalue weighted by molar-refractivity contribution is 0.349. The zero-order chi connectivity index (χ0) is 19.1. The van der Waals surface area contributed by atoms with Gasteiger partial charge in [-0.25, -0.2) is 0 Å². The van der Waals surface area contributed by atoms with Crippen molar-refractivity contribution in [1.29, 1.82) is 5.26 Å². The highest BCUT2D eigenvalue weighted by atomic mass is 35.5. The fourth-order valence-electron chi connectivity index (χ4n) is 3.74. The average molecular weight is 399 g/mol. The minimum atomic E-state index is -0.302. The highest BCUT2D eigenvalue weighted by Crippen LogP contribution is 2.48. The van der Waals surface area contributed by atoms with Crippen molar-refractivity contribution in [2.24, 2.45) is 5.73 Å². The Morgan fingerprint density at radius 2 is 1.96 bits per heavy atom. The van der Waals surface area contributed by atoms with E-state index in [9.17, 15) is 5.26 Å². The largest absolute Gasteiger partial charge is 0.497 e. The van der Waals surface area contributed by atoms with Crippen LogP contribution in [0.15, 0.2) is 53.4 Å².